The molecule has 130 valence electrons. The Morgan fingerprint density at radius 3 is 2.56 bits per heavy atom. The molecule has 0 amide bonds. The zero-order chi connectivity index (χ0) is 17.6. The molecular formula is C19H21N3O3. The quantitative estimate of drug-likeness (QED) is 0.548. The SMILES string of the molecule is O=C1CC(c2ccccc2)CC(=O)C1=CN[C@H](CO)Cc1c[nH]cn1. The summed E-state index contributed by atoms with van der Waals surface area (Å²) in [4.78, 5) is 31.8. The van der Waals surface area contributed by atoms with E-state index in [1.54, 1.807) is 12.5 Å². The zero-order valence-electron chi connectivity index (χ0n) is 13.8. The molecule has 0 spiro atoms. The summed E-state index contributed by atoms with van der Waals surface area (Å²) in [5.74, 6) is -0.376. The Labute approximate surface area is 146 Å². The number of rotatable bonds is 6. The summed E-state index contributed by atoms with van der Waals surface area (Å²) in [6.45, 7) is -0.119. The van der Waals surface area contributed by atoms with Crippen LogP contribution >= 0.6 is 0 Å². The summed E-state index contributed by atoms with van der Waals surface area (Å²) in [7, 11) is 0. The summed E-state index contributed by atoms with van der Waals surface area (Å²) in [5, 5.41) is 12.5. The Morgan fingerprint density at radius 1 is 1.24 bits per heavy atom. The van der Waals surface area contributed by atoms with Crippen LogP contribution in [-0.4, -0.2) is 39.3 Å². The molecular weight excluding hydrogens is 318 g/mol. The Morgan fingerprint density at radius 2 is 1.96 bits per heavy atom. The maximum atomic E-state index is 12.4. The summed E-state index contributed by atoms with van der Waals surface area (Å²) in [6, 6.07) is 9.34. The van der Waals surface area contributed by atoms with Crippen molar-refractivity contribution in [2.75, 3.05) is 6.61 Å². The van der Waals surface area contributed by atoms with Crippen molar-refractivity contribution in [1.29, 1.82) is 0 Å². The molecule has 25 heavy (non-hydrogen) atoms. The lowest BCUT2D eigenvalue weighted by molar-refractivity contribution is -0.124. The van der Waals surface area contributed by atoms with Crippen molar-refractivity contribution in [3.63, 3.8) is 0 Å². The zero-order valence-corrected chi connectivity index (χ0v) is 13.8. The van der Waals surface area contributed by atoms with Crippen molar-refractivity contribution in [1.82, 2.24) is 15.3 Å². The van der Waals surface area contributed by atoms with E-state index in [1.807, 2.05) is 30.3 Å². The number of nitrogens with zero attached hydrogens (tertiary/aromatic N) is 1. The molecule has 0 radical (unpaired) electrons. The topological polar surface area (TPSA) is 95.1 Å². The number of aromatic amines is 1. The minimum Gasteiger partial charge on any atom is -0.394 e. The number of carbonyl (C=O) groups is 2. The van der Waals surface area contributed by atoms with Crippen LogP contribution < -0.4 is 5.32 Å². The number of Topliss-reactive ketones (excluding diaryl/α,β-unsaturated/α-hetero) is 2. The minimum atomic E-state index is -0.303. The predicted molar refractivity (Wildman–Crippen MR) is 92.8 cm³/mol. The molecule has 0 aliphatic heterocycles. The largest absolute Gasteiger partial charge is 0.394 e. The van der Waals surface area contributed by atoms with Gasteiger partial charge in [0, 0.05) is 31.7 Å². The van der Waals surface area contributed by atoms with E-state index in [0.717, 1.165) is 11.3 Å². The molecule has 2 aromatic rings. The minimum absolute atomic E-state index is 0.0592. The number of hydrogen-bond acceptors (Lipinski definition) is 5. The number of benzene rings is 1. The number of aromatic nitrogens is 2. The summed E-state index contributed by atoms with van der Waals surface area (Å²) in [6.07, 6.45) is 5.93. The number of nitrogens with one attached hydrogen (secondary N) is 2. The van der Waals surface area contributed by atoms with Crippen LogP contribution in [0.15, 0.2) is 54.6 Å². The Kier molecular flexibility index (Phi) is 5.40. The molecule has 1 aromatic heterocycles. The van der Waals surface area contributed by atoms with Crippen molar-refractivity contribution < 1.29 is 14.7 Å². The van der Waals surface area contributed by atoms with Crippen molar-refractivity contribution >= 4 is 11.6 Å². The van der Waals surface area contributed by atoms with E-state index in [-0.39, 0.29) is 35.7 Å². The van der Waals surface area contributed by atoms with Gasteiger partial charge in [0.05, 0.1) is 30.2 Å². The summed E-state index contributed by atoms with van der Waals surface area (Å²) < 4.78 is 0. The molecule has 0 bridgehead atoms. The molecule has 1 atom stereocenters. The Bertz CT molecular complexity index is 733. The van der Waals surface area contributed by atoms with Gasteiger partial charge in [-0.2, -0.15) is 0 Å². The van der Waals surface area contributed by atoms with Crippen LogP contribution in [0, 0.1) is 0 Å². The van der Waals surface area contributed by atoms with Gasteiger partial charge in [-0.3, -0.25) is 9.59 Å². The fraction of sp³-hybridized carbons (Fsp3) is 0.316. The van der Waals surface area contributed by atoms with Gasteiger partial charge in [0.1, 0.15) is 0 Å². The molecule has 1 fully saturated rings. The lowest BCUT2D eigenvalue weighted by atomic mass is 9.80. The highest BCUT2D eigenvalue weighted by molar-refractivity contribution is 6.22. The number of H-pyrrole nitrogens is 1. The van der Waals surface area contributed by atoms with Gasteiger partial charge in [-0.1, -0.05) is 30.3 Å². The van der Waals surface area contributed by atoms with Gasteiger partial charge in [-0.25, -0.2) is 4.98 Å². The normalized spacial score (nSPS) is 18.9. The number of ketones is 2. The molecule has 6 nitrogen and oxygen atoms in total. The number of aliphatic hydroxyl groups is 1. The van der Waals surface area contributed by atoms with Crippen LogP contribution in [0.5, 0.6) is 0 Å². The van der Waals surface area contributed by atoms with E-state index in [9.17, 15) is 14.7 Å². The van der Waals surface area contributed by atoms with Gasteiger partial charge >= 0.3 is 0 Å². The third-order valence-electron chi connectivity index (χ3n) is 4.43. The lowest BCUT2D eigenvalue weighted by Crippen LogP contribution is -2.33. The van der Waals surface area contributed by atoms with E-state index in [2.05, 4.69) is 15.3 Å². The van der Waals surface area contributed by atoms with Crippen molar-refractivity contribution in [2.24, 2.45) is 0 Å². The molecule has 0 saturated heterocycles. The fourth-order valence-corrected chi connectivity index (χ4v) is 3.05. The van der Waals surface area contributed by atoms with Crippen LogP contribution in [0.2, 0.25) is 0 Å². The van der Waals surface area contributed by atoms with Gasteiger partial charge in [0.2, 0.25) is 0 Å². The first-order valence-corrected chi connectivity index (χ1v) is 8.33. The van der Waals surface area contributed by atoms with Crippen LogP contribution in [0.1, 0.15) is 30.0 Å². The van der Waals surface area contributed by atoms with Crippen molar-refractivity contribution in [2.45, 2.75) is 31.2 Å². The van der Waals surface area contributed by atoms with Crippen LogP contribution in [0.25, 0.3) is 0 Å². The van der Waals surface area contributed by atoms with Gasteiger partial charge in [-0.15, -0.1) is 0 Å². The molecule has 1 aromatic carbocycles. The monoisotopic (exact) mass is 339 g/mol. The van der Waals surface area contributed by atoms with Crippen molar-refractivity contribution in [3.05, 3.63) is 65.9 Å². The average Bonchev–Trinajstić information content (AvgIpc) is 3.13. The Balaban J connectivity index is 1.65. The maximum absolute atomic E-state index is 12.4. The van der Waals surface area contributed by atoms with Crippen LogP contribution in [0.4, 0.5) is 0 Å². The highest BCUT2D eigenvalue weighted by atomic mass is 16.3. The second-order valence-electron chi connectivity index (χ2n) is 6.23. The van der Waals surface area contributed by atoms with E-state index < -0.39 is 0 Å². The standard InChI is InChI=1S/C19H21N3O3/c23-11-16(8-15-9-20-12-22-15)21-10-17-18(24)6-14(7-19(17)25)13-4-2-1-3-5-13/h1-5,9-10,12,14,16,21,23H,6-8,11H2,(H,20,22)/t14?,16-/m0/s1. The van der Waals surface area contributed by atoms with Gasteiger partial charge in [0.15, 0.2) is 11.6 Å². The van der Waals surface area contributed by atoms with Gasteiger partial charge < -0.3 is 15.4 Å². The van der Waals surface area contributed by atoms with Gasteiger partial charge in [-0.05, 0) is 11.5 Å². The van der Waals surface area contributed by atoms with E-state index in [0.29, 0.717) is 19.3 Å². The maximum Gasteiger partial charge on any atom is 0.168 e. The van der Waals surface area contributed by atoms with Crippen LogP contribution in [-0.2, 0) is 16.0 Å². The molecule has 1 heterocycles. The molecule has 3 N–H and O–H groups in total. The number of hydrogen-bond donors (Lipinski definition) is 3. The third-order valence-corrected chi connectivity index (χ3v) is 4.43. The highest BCUT2D eigenvalue weighted by Gasteiger charge is 2.31. The molecule has 3 rings (SSSR count). The second-order valence-corrected chi connectivity index (χ2v) is 6.23. The third kappa shape index (κ3) is 4.22. The summed E-state index contributed by atoms with van der Waals surface area (Å²) >= 11 is 0. The number of aliphatic hydroxyl groups excluding tert-OH is 1. The smallest absolute Gasteiger partial charge is 0.168 e. The van der Waals surface area contributed by atoms with Crippen LogP contribution in [0.3, 0.4) is 0 Å². The van der Waals surface area contributed by atoms with Crippen molar-refractivity contribution in [3.8, 4) is 0 Å². The second kappa shape index (κ2) is 7.90. The fourth-order valence-electron chi connectivity index (χ4n) is 3.05. The number of allylic oxidation sites excluding steroid dienone is 1. The molecule has 6 heteroatoms. The highest BCUT2D eigenvalue weighted by Crippen LogP contribution is 2.31. The first-order chi connectivity index (χ1) is 12.2. The Hall–Kier alpha value is -2.73. The van der Waals surface area contributed by atoms with E-state index in [1.165, 1.54) is 6.20 Å². The first-order valence-electron chi connectivity index (χ1n) is 8.33. The predicted octanol–water partition coefficient (Wildman–Crippen LogP) is 1.50. The number of carbonyl (C=O) groups excluding carboxylic acids is 2. The van der Waals surface area contributed by atoms with E-state index >= 15 is 0 Å². The first kappa shape index (κ1) is 17.1. The lowest BCUT2D eigenvalue weighted by Gasteiger charge is -2.23. The molecule has 1 aliphatic carbocycles. The molecule has 1 aliphatic rings. The average molecular weight is 339 g/mol. The van der Waals surface area contributed by atoms with Gasteiger partial charge in [0.25, 0.3) is 0 Å². The van der Waals surface area contributed by atoms with E-state index in [4.69, 9.17) is 0 Å². The number of imidazole rings is 1. The summed E-state index contributed by atoms with van der Waals surface area (Å²) in [5.41, 5.74) is 2.01. The molecule has 0 unspecified atom stereocenters. The molecule has 1 saturated carbocycles.